The SMILES string of the molecule is C[C@@]1(O)CC(=O)[C@@H](C(=O)OCc2ccccc2)[C@H](c2ccc(O)cc2)[C@@H]1C(=O)OCc1ccccc1. The number of hydrogen-bond acceptors (Lipinski definition) is 7. The number of Topliss-reactive ketones (excluding diaryl/α,β-unsaturated/α-hetero) is 1. The molecule has 0 heterocycles. The number of phenols is 1. The fraction of sp³-hybridized carbons (Fsp3) is 0.276. The molecule has 36 heavy (non-hydrogen) atoms. The largest absolute Gasteiger partial charge is 0.508 e. The summed E-state index contributed by atoms with van der Waals surface area (Å²) in [6, 6.07) is 24.0. The lowest BCUT2D eigenvalue weighted by Gasteiger charge is -2.43. The van der Waals surface area contributed by atoms with Crippen molar-refractivity contribution in [2.45, 2.75) is 38.1 Å². The number of rotatable bonds is 7. The Morgan fingerprint density at radius 1 is 0.833 bits per heavy atom. The Hall–Kier alpha value is -3.97. The molecule has 0 spiro atoms. The number of aliphatic hydroxyl groups is 1. The molecule has 7 heteroatoms. The maximum absolute atomic E-state index is 13.4. The van der Waals surface area contributed by atoms with Gasteiger partial charge in [0.15, 0.2) is 5.78 Å². The molecular formula is C29H28O7. The summed E-state index contributed by atoms with van der Waals surface area (Å²) in [6.07, 6.45) is -0.405. The van der Waals surface area contributed by atoms with E-state index in [1.165, 1.54) is 31.2 Å². The van der Waals surface area contributed by atoms with Crippen LogP contribution in [0.5, 0.6) is 5.75 Å². The summed E-state index contributed by atoms with van der Waals surface area (Å²) >= 11 is 0. The highest BCUT2D eigenvalue weighted by Gasteiger charge is 2.57. The third kappa shape index (κ3) is 5.63. The highest BCUT2D eigenvalue weighted by atomic mass is 16.5. The first-order chi connectivity index (χ1) is 17.3. The second-order valence-corrected chi connectivity index (χ2v) is 9.26. The lowest BCUT2D eigenvalue weighted by atomic mass is 9.61. The molecule has 4 rings (SSSR count). The van der Waals surface area contributed by atoms with Crippen LogP contribution in [0.1, 0.15) is 36.0 Å². The predicted octanol–water partition coefficient (Wildman–Crippen LogP) is 3.92. The first kappa shape index (κ1) is 25.1. The van der Waals surface area contributed by atoms with E-state index in [1.807, 2.05) is 36.4 Å². The molecule has 1 fully saturated rings. The smallest absolute Gasteiger partial charge is 0.317 e. The fourth-order valence-corrected chi connectivity index (χ4v) is 4.75. The molecule has 0 saturated heterocycles. The summed E-state index contributed by atoms with van der Waals surface area (Å²) in [7, 11) is 0. The van der Waals surface area contributed by atoms with E-state index >= 15 is 0 Å². The Morgan fingerprint density at radius 3 is 1.86 bits per heavy atom. The van der Waals surface area contributed by atoms with E-state index in [4.69, 9.17) is 9.47 Å². The number of phenolic OH excluding ortho intramolecular Hbond substituents is 1. The average molecular weight is 489 g/mol. The van der Waals surface area contributed by atoms with E-state index in [9.17, 15) is 24.6 Å². The molecule has 186 valence electrons. The molecular weight excluding hydrogens is 460 g/mol. The van der Waals surface area contributed by atoms with Crippen LogP contribution in [-0.2, 0) is 37.1 Å². The molecule has 0 aliphatic heterocycles. The Balaban J connectivity index is 1.66. The number of ketones is 1. The molecule has 1 saturated carbocycles. The first-order valence-corrected chi connectivity index (χ1v) is 11.7. The van der Waals surface area contributed by atoms with Crippen LogP contribution in [0.15, 0.2) is 84.9 Å². The second kappa shape index (κ2) is 10.7. The maximum Gasteiger partial charge on any atom is 0.317 e. The van der Waals surface area contributed by atoms with Crippen LogP contribution in [-0.4, -0.2) is 33.5 Å². The number of hydrogen-bond donors (Lipinski definition) is 2. The molecule has 0 unspecified atom stereocenters. The van der Waals surface area contributed by atoms with Crippen LogP contribution < -0.4 is 0 Å². The molecule has 7 nitrogen and oxygen atoms in total. The van der Waals surface area contributed by atoms with E-state index in [1.54, 1.807) is 24.3 Å². The van der Waals surface area contributed by atoms with Gasteiger partial charge in [-0.25, -0.2) is 0 Å². The number of benzene rings is 3. The van der Waals surface area contributed by atoms with Gasteiger partial charge < -0.3 is 19.7 Å². The van der Waals surface area contributed by atoms with Crippen molar-refractivity contribution < 1.29 is 34.1 Å². The Morgan fingerprint density at radius 2 is 1.33 bits per heavy atom. The molecule has 4 atom stereocenters. The minimum Gasteiger partial charge on any atom is -0.508 e. The number of aromatic hydroxyl groups is 1. The Labute approximate surface area is 209 Å². The van der Waals surface area contributed by atoms with Crippen molar-refractivity contribution in [2.75, 3.05) is 0 Å². The standard InChI is InChI=1S/C29H28O7/c1-29(34)16-23(31)25(27(32)35-17-19-8-4-2-5-9-19)24(21-12-14-22(30)15-13-21)26(29)28(33)36-18-20-10-6-3-7-11-20/h2-15,24-26,30,34H,16-18H2,1H3/t24-,25+,26+,29+/m0/s1. The first-order valence-electron chi connectivity index (χ1n) is 11.7. The Bertz CT molecular complexity index is 1200. The highest BCUT2D eigenvalue weighted by molar-refractivity contribution is 6.02. The fourth-order valence-electron chi connectivity index (χ4n) is 4.75. The van der Waals surface area contributed by atoms with Gasteiger partial charge in [0, 0.05) is 12.3 Å². The highest BCUT2D eigenvalue weighted by Crippen LogP contribution is 2.47. The zero-order valence-electron chi connectivity index (χ0n) is 19.9. The quantitative estimate of drug-likeness (QED) is 0.383. The normalized spacial score (nSPS) is 23.6. The third-order valence-corrected chi connectivity index (χ3v) is 6.50. The summed E-state index contributed by atoms with van der Waals surface area (Å²) < 4.78 is 11.1. The molecule has 2 N–H and O–H groups in total. The van der Waals surface area contributed by atoms with Crippen molar-refractivity contribution in [1.82, 2.24) is 0 Å². The van der Waals surface area contributed by atoms with E-state index in [2.05, 4.69) is 0 Å². The van der Waals surface area contributed by atoms with Gasteiger partial charge in [0.05, 0.1) is 11.5 Å². The van der Waals surface area contributed by atoms with Gasteiger partial charge in [0.2, 0.25) is 0 Å². The molecule has 3 aromatic carbocycles. The topological polar surface area (TPSA) is 110 Å². The lowest BCUT2D eigenvalue weighted by Crippen LogP contribution is -2.55. The van der Waals surface area contributed by atoms with Crippen LogP contribution in [0.4, 0.5) is 0 Å². The molecule has 0 radical (unpaired) electrons. The van der Waals surface area contributed by atoms with E-state index in [0.717, 1.165) is 11.1 Å². The zero-order valence-corrected chi connectivity index (χ0v) is 19.9. The average Bonchev–Trinajstić information content (AvgIpc) is 2.86. The zero-order chi connectivity index (χ0) is 25.7. The monoisotopic (exact) mass is 488 g/mol. The van der Waals surface area contributed by atoms with Crippen LogP contribution in [0, 0.1) is 11.8 Å². The van der Waals surface area contributed by atoms with E-state index < -0.39 is 47.5 Å². The van der Waals surface area contributed by atoms with Gasteiger partial charge in [-0.1, -0.05) is 72.8 Å². The van der Waals surface area contributed by atoms with Crippen molar-refractivity contribution >= 4 is 17.7 Å². The van der Waals surface area contributed by atoms with Gasteiger partial charge in [-0.15, -0.1) is 0 Å². The molecule has 0 bridgehead atoms. The minimum absolute atomic E-state index is 0.0148. The number of carbonyl (C=O) groups excluding carboxylic acids is 3. The summed E-state index contributed by atoms with van der Waals surface area (Å²) in [5, 5.41) is 21.0. The van der Waals surface area contributed by atoms with Crippen LogP contribution in [0.25, 0.3) is 0 Å². The molecule has 0 amide bonds. The minimum atomic E-state index is -1.76. The van der Waals surface area contributed by atoms with Crippen molar-refractivity contribution in [3.8, 4) is 5.75 Å². The van der Waals surface area contributed by atoms with Crippen molar-refractivity contribution in [1.29, 1.82) is 0 Å². The maximum atomic E-state index is 13.4. The Kier molecular flexibility index (Phi) is 7.50. The number of ether oxygens (including phenoxy) is 2. The van der Waals surface area contributed by atoms with Crippen LogP contribution in [0.3, 0.4) is 0 Å². The van der Waals surface area contributed by atoms with Crippen LogP contribution >= 0.6 is 0 Å². The second-order valence-electron chi connectivity index (χ2n) is 9.26. The third-order valence-electron chi connectivity index (χ3n) is 6.50. The van der Waals surface area contributed by atoms with Gasteiger partial charge in [0.1, 0.15) is 24.9 Å². The van der Waals surface area contributed by atoms with Crippen LogP contribution in [0.2, 0.25) is 0 Å². The molecule has 1 aliphatic carbocycles. The van der Waals surface area contributed by atoms with E-state index in [-0.39, 0.29) is 19.0 Å². The summed E-state index contributed by atoms with van der Waals surface area (Å²) in [5.74, 6) is -5.64. The van der Waals surface area contributed by atoms with Gasteiger partial charge in [0.25, 0.3) is 0 Å². The summed E-state index contributed by atoms with van der Waals surface area (Å²) in [6.45, 7) is 1.34. The predicted molar refractivity (Wildman–Crippen MR) is 131 cm³/mol. The van der Waals surface area contributed by atoms with Gasteiger partial charge >= 0.3 is 11.9 Å². The van der Waals surface area contributed by atoms with Gasteiger partial charge in [-0.3, -0.25) is 14.4 Å². The number of esters is 2. The van der Waals surface area contributed by atoms with Crippen molar-refractivity contribution in [3.63, 3.8) is 0 Å². The summed E-state index contributed by atoms with van der Waals surface area (Å²) in [4.78, 5) is 39.9. The molecule has 1 aliphatic rings. The molecule has 3 aromatic rings. The molecule has 0 aromatic heterocycles. The summed E-state index contributed by atoms with van der Waals surface area (Å²) in [5.41, 5.74) is 0.187. The van der Waals surface area contributed by atoms with Crippen molar-refractivity contribution in [3.05, 3.63) is 102 Å². The van der Waals surface area contributed by atoms with Gasteiger partial charge in [-0.2, -0.15) is 0 Å². The number of carbonyl (C=O) groups is 3. The lowest BCUT2D eigenvalue weighted by molar-refractivity contribution is -0.174. The van der Waals surface area contributed by atoms with Gasteiger partial charge in [-0.05, 0) is 35.7 Å². The van der Waals surface area contributed by atoms with Crippen molar-refractivity contribution in [2.24, 2.45) is 11.8 Å². The van der Waals surface area contributed by atoms with E-state index in [0.29, 0.717) is 5.56 Å².